The number of fused-ring (bicyclic) bond motifs is 1. The molecular formula is C24H23ClN2O2. The molecule has 1 saturated heterocycles. The van der Waals surface area contributed by atoms with Crippen molar-refractivity contribution < 1.29 is 9.90 Å². The van der Waals surface area contributed by atoms with Crippen molar-refractivity contribution in [3.05, 3.63) is 53.2 Å². The van der Waals surface area contributed by atoms with Crippen LogP contribution < -0.4 is 4.90 Å². The van der Waals surface area contributed by atoms with Crippen LogP contribution in [-0.4, -0.2) is 29.0 Å². The largest absolute Gasteiger partial charge is 0.506 e. The number of halogens is 1. The summed E-state index contributed by atoms with van der Waals surface area (Å²) in [5.41, 5.74) is 4.63. The van der Waals surface area contributed by atoms with Crippen LogP contribution >= 0.6 is 11.6 Å². The Kier molecular flexibility index (Phi) is 4.67. The van der Waals surface area contributed by atoms with Gasteiger partial charge < -0.3 is 10.0 Å². The van der Waals surface area contributed by atoms with Crippen molar-refractivity contribution in [1.82, 2.24) is 4.98 Å². The Morgan fingerprint density at radius 1 is 1.03 bits per heavy atom. The number of hydrogen-bond acceptors (Lipinski definition) is 4. The van der Waals surface area contributed by atoms with Crippen molar-refractivity contribution in [2.75, 3.05) is 18.0 Å². The quantitative estimate of drug-likeness (QED) is 0.552. The summed E-state index contributed by atoms with van der Waals surface area (Å²) in [5, 5.41) is 11.1. The fourth-order valence-corrected chi connectivity index (χ4v) is 4.43. The molecule has 5 heteroatoms. The van der Waals surface area contributed by atoms with Crippen LogP contribution in [0.3, 0.4) is 0 Å². The summed E-state index contributed by atoms with van der Waals surface area (Å²) in [4.78, 5) is 20.0. The van der Waals surface area contributed by atoms with Gasteiger partial charge in [-0.3, -0.25) is 9.78 Å². The minimum absolute atomic E-state index is 0.0733. The maximum absolute atomic E-state index is 13.0. The van der Waals surface area contributed by atoms with E-state index < -0.39 is 0 Å². The molecule has 2 aliphatic rings. The smallest absolute Gasteiger partial charge is 0.169 e. The molecule has 29 heavy (non-hydrogen) atoms. The molecule has 1 N–H and O–H groups in total. The average molecular weight is 407 g/mol. The van der Waals surface area contributed by atoms with Crippen LogP contribution in [0.15, 0.2) is 42.6 Å². The Morgan fingerprint density at radius 3 is 2.48 bits per heavy atom. The van der Waals surface area contributed by atoms with E-state index in [1.54, 1.807) is 18.3 Å². The van der Waals surface area contributed by atoms with Crippen molar-refractivity contribution in [3.63, 3.8) is 0 Å². The lowest BCUT2D eigenvalue weighted by molar-refractivity contribution is 0.0968. The van der Waals surface area contributed by atoms with E-state index >= 15 is 0 Å². The molecule has 2 fully saturated rings. The third-order valence-electron chi connectivity index (χ3n) is 6.01. The zero-order chi connectivity index (χ0) is 20.0. The van der Waals surface area contributed by atoms with Crippen molar-refractivity contribution in [2.24, 2.45) is 5.92 Å². The molecule has 2 aromatic carbocycles. The Bertz CT molecular complexity index is 1100. The van der Waals surface area contributed by atoms with Gasteiger partial charge in [-0.1, -0.05) is 23.7 Å². The van der Waals surface area contributed by atoms with E-state index in [-0.39, 0.29) is 17.5 Å². The van der Waals surface area contributed by atoms with Crippen molar-refractivity contribution in [3.8, 4) is 16.9 Å². The number of anilines is 1. The van der Waals surface area contributed by atoms with Crippen molar-refractivity contribution >= 4 is 34.0 Å². The number of aromatic nitrogens is 1. The molecule has 1 aliphatic heterocycles. The number of ketones is 1. The fourth-order valence-electron chi connectivity index (χ4n) is 4.25. The second-order valence-corrected chi connectivity index (χ2v) is 8.51. The third kappa shape index (κ3) is 3.46. The number of piperidine rings is 1. The van der Waals surface area contributed by atoms with Crippen molar-refractivity contribution in [2.45, 2.75) is 32.1 Å². The molecule has 0 spiro atoms. The summed E-state index contributed by atoms with van der Waals surface area (Å²) in [5.74, 6) is 0.471. The van der Waals surface area contributed by atoms with E-state index in [1.807, 2.05) is 18.2 Å². The molecule has 0 bridgehead atoms. The first-order chi connectivity index (χ1) is 14.1. The molecule has 1 aromatic heterocycles. The highest BCUT2D eigenvalue weighted by Gasteiger charge is 2.33. The summed E-state index contributed by atoms with van der Waals surface area (Å²) < 4.78 is 0. The number of Topliss-reactive ketones (excluding diaryl/α,β-unsaturated/α-hetero) is 1. The number of nitrogens with zero attached hydrogens (tertiary/aromatic N) is 2. The molecule has 1 saturated carbocycles. The summed E-state index contributed by atoms with van der Waals surface area (Å²) in [7, 11) is 0. The first kappa shape index (κ1) is 18.4. The summed E-state index contributed by atoms with van der Waals surface area (Å²) in [6, 6.07) is 11.4. The monoisotopic (exact) mass is 406 g/mol. The van der Waals surface area contributed by atoms with Crippen molar-refractivity contribution in [1.29, 1.82) is 0 Å². The Labute approximate surface area is 175 Å². The number of pyridine rings is 1. The number of carbonyl (C=O) groups is 1. The minimum atomic E-state index is 0.0733. The second kappa shape index (κ2) is 7.34. The average Bonchev–Trinajstić information content (AvgIpc) is 3.60. The highest BCUT2D eigenvalue weighted by Crippen LogP contribution is 2.40. The molecule has 0 amide bonds. The molecule has 0 atom stereocenters. The number of phenolic OH excluding ortho intramolecular Hbond substituents is 1. The number of carbonyl (C=O) groups excluding carboxylic acids is 1. The van der Waals surface area contributed by atoms with Gasteiger partial charge in [0, 0.05) is 30.6 Å². The Balaban J connectivity index is 1.69. The van der Waals surface area contributed by atoms with Gasteiger partial charge in [-0.05, 0) is 67.5 Å². The van der Waals surface area contributed by atoms with Gasteiger partial charge in [0.1, 0.15) is 5.75 Å². The predicted octanol–water partition coefficient (Wildman–Crippen LogP) is 5.84. The van der Waals surface area contributed by atoms with Crippen LogP contribution in [-0.2, 0) is 0 Å². The summed E-state index contributed by atoms with van der Waals surface area (Å²) in [6.45, 7) is 1.94. The lowest BCUT2D eigenvalue weighted by atomic mass is 9.97. The zero-order valence-electron chi connectivity index (χ0n) is 16.2. The maximum atomic E-state index is 13.0. The number of phenols is 1. The fraction of sp³-hybridized carbons (Fsp3) is 0.333. The molecule has 3 aromatic rings. The van der Waals surface area contributed by atoms with Crippen LogP contribution in [0.5, 0.6) is 5.75 Å². The van der Waals surface area contributed by atoms with Gasteiger partial charge in [0.15, 0.2) is 5.78 Å². The van der Waals surface area contributed by atoms with Gasteiger partial charge in [0.05, 0.1) is 21.8 Å². The molecule has 0 unspecified atom stereocenters. The van der Waals surface area contributed by atoms with E-state index in [4.69, 9.17) is 11.6 Å². The topological polar surface area (TPSA) is 53.4 Å². The molecule has 1 aliphatic carbocycles. The predicted molar refractivity (Wildman–Crippen MR) is 117 cm³/mol. The van der Waals surface area contributed by atoms with Crippen LogP contribution in [0.1, 0.15) is 42.5 Å². The first-order valence-electron chi connectivity index (χ1n) is 10.3. The summed E-state index contributed by atoms with van der Waals surface area (Å²) >= 11 is 6.13. The molecule has 2 heterocycles. The van der Waals surface area contributed by atoms with E-state index in [0.29, 0.717) is 5.02 Å². The lowest BCUT2D eigenvalue weighted by Gasteiger charge is -2.31. The van der Waals surface area contributed by atoms with Gasteiger partial charge in [-0.25, -0.2) is 0 Å². The summed E-state index contributed by atoms with van der Waals surface area (Å²) in [6.07, 6.45) is 7.29. The molecule has 148 valence electrons. The van der Waals surface area contributed by atoms with Gasteiger partial charge >= 0.3 is 0 Å². The van der Waals surface area contributed by atoms with E-state index in [0.717, 1.165) is 72.1 Å². The van der Waals surface area contributed by atoms with Crippen LogP contribution in [0.2, 0.25) is 5.02 Å². The van der Waals surface area contributed by atoms with E-state index in [9.17, 15) is 9.90 Å². The SMILES string of the molecule is O=C(c1cnc2ccc(-c3ccc(O)c(Cl)c3)cc2c1N1CCCCC1)C1CC1. The first-order valence-corrected chi connectivity index (χ1v) is 10.7. The Hall–Kier alpha value is -2.59. The number of benzene rings is 2. The van der Waals surface area contributed by atoms with Crippen LogP contribution in [0, 0.1) is 5.92 Å². The molecule has 4 nitrogen and oxygen atoms in total. The minimum Gasteiger partial charge on any atom is -0.506 e. The zero-order valence-corrected chi connectivity index (χ0v) is 17.0. The number of hydrogen-bond donors (Lipinski definition) is 1. The van der Waals surface area contributed by atoms with Crippen LogP contribution in [0.25, 0.3) is 22.0 Å². The highest BCUT2D eigenvalue weighted by atomic mass is 35.5. The van der Waals surface area contributed by atoms with Gasteiger partial charge in [-0.2, -0.15) is 0 Å². The third-order valence-corrected chi connectivity index (χ3v) is 6.31. The molecular weight excluding hydrogens is 384 g/mol. The van der Waals surface area contributed by atoms with E-state index in [2.05, 4.69) is 16.0 Å². The number of aromatic hydroxyl groups is 1. The maximum Gasteiger partial charge on any atom is 0.169 e. The van der Waals surface area contributed by atoms with Crippen LogP contribution in [0.4, 0.5) is 5.69 Å². The Morgan fingerprint density at radius 2 is 1.76 bits per heavy atom. The lowest BCUT2D eigenvalue weighted by Crippen LogP contribution is -2.31. The normalized spacial score (nSPS) is 16.9. The highest BCUT2D eigenvalue weighted by molar-refractivity contribution is 6.32. The molecule has 5 rings (SSSR count). The molecule has 0 radical (unpaired) electrons. The van der Waals surface area contributed by atoms with Gasteiger partial charge in [0.25, 0.3) is 0 Å². The number of rotatable bonds is 4. The van der Waals surface area contributed by atoms with Gasteiger partial charge in [-0.15, -0.1) is 0 Å². The van der Waals surface area contributed by atoms with Gasteiger partial charge in [0.2, 0.25) is 0 Å². The second-order valence-electron chi connectivity index (χ2n) is 8.10. The van der Waals surface area contributed by atoms with E-state index in [1.165, 1.54) is 6.42 Å². The standard InChI is InChI=1S/C24H23ClN2O2/c25-20-13-17(7-9-22(20)28)16-6-8-21-18(12-16)23(27-10-2-1-3-11-27)19(14-26-21)24(29)15-4-5-15/h6-9,12-15,28H,1-5,10-11H2.